The molecule has 264 valence electrons. The highest BCUT2D eigenvalue weighted by Crippen LogP contribution is 2.40. The summed E-state index contributed by atoms with van der Waals surface area (Å²) < 4.78 is 6.53. The SMILES string of the molecule is C1CCC1.C=C.C=C(N[C@@H](C)[C@@H]1CCC(C)(C)[C@@H](C[C@H](O)CCCC2=C(C)C(O)=CCC(O)=C2C(=O)O)O1)C(O)CCc1cccs1. The Morgan fingerprint density at radius 1 is 1.13 bits per heavy atom. The molecule has 1 unspecified atom stereocenters. The summed E-state index contributed by atoms with van der Waals surface area (Å²) in [6, 6.07) is 4.01. The minimum atomic E-state index is -1.23. The monoisotopic (exact) mass is 673 g/mol. The molecule has 1 aromatic rings. The largest absolute Gasteiger partial charge is 0.511 e. The Bertz CT molecular complexity index is 1220. The molecule has 1 aliphatic heterocycles. The molecule has 2 heterocycles. The van der Waals surface area contributed by atoms with Crippen molar-refractivity contribution in [3.8, 4) is 0 Å². The number of carboxylic acids is 1. The Morgan fingerprint density at radius 2 is 1.79 bits per heavy atom. The number of carbonyl (C=O) groups is 1. The third-order valence-corrected chi connectivity index (χ3v) is 10.4. The summed E-state index contributed by atoms with van der Waals surface area (Å²) in [5.74, 6) is -1.54. The van der Waals surface area contributed by atoms with Crippen LogP contribution in [0.1, 0.15) is 110 Å². The van der Waals surface area contributed by atoms with Crippen LogP contribution in [0, 0.1) is 5.41 Å². The second-order valence-electron chi connectivity index (χ2n) is 13.5. The summed E-state index contributed by atoms with van der Waals surface area (Å²) in [5, 5.41) is 57.1. The van der Waals surface area contributed by atoms with Crippen molar-refractivity contribution >= 4 is 17.3 Å². The van der Waals surface area contributed by atoms with Gasteiger partial charge in [0.2, 0.25) is 0 Å². The molecule has 6 N–H and O–H groups in total. The number of aryl methyl sites for hydroxylation is 1. The van der Waals surface area contributed by atoms with Crippen LogP contribution in [0.3, 0.4) is 0 Å². The molecule has 1 aromatic heterocycles. The first kappa shape index (κ1) is 40.3. The first-order valence-electron chi connectivity index (χ1n) is 17.0. The molecule has 9 heteroatoms. The molecule has 4 rings (SSSR count). The average molecular weight is 674 g/mol. The zero-order valence-electron chi connectivity index (χ0n) is 29.0. The van der Waals surface area contributed by atoms with Gasteiger partial charge < -0.3 is 35.6 Å². The maximum atomic E-state index is 11.8. The Morgan fingerprint density at radius 3 is 2.36 bits per heavy atom. The van der Waals surface area contributed by atoms with Crippen LogP contribution < -0.4 is 5.32 Å². The highest BCUT2D eigenvalue weighted by Gasteiger charge is 2.40. The molecule has 0 spiro atoms. The fourth-order valence-corrected chi connectivity index (χ4v) is 6.65. The number of hydrogen-bond donors (Lipinski definition) is 6. The van der Waals surface area contributed by atoms with Gasteiger partial charge in [0, 0.05) is 29.5 Å². The van der Waals surface area contributed by atoms with E-state index in [1.807, 2.05) is 18.4 Å². The van der Waals surface area contributed by atoms with Crippen molar-refractivity contribution in [3.05, 3.63) is 82.1 Å². The molecule has 3 aliphatic rings. The molecule has 5 atom stereocenters. The second kappa shape index (κ2) is 19.8. The molecule has 8 nitrogen and oxygen atoms in total. The number of aliphatic hydroxyl groups excluding tert-OH is 4. The van der Waals surface area contributed by atoms with Gasteiger partial charge in [0.25, 0.3) is 0 Å². The highest BCUT2D eigenvalue weighted by molar-refractivity contribution is 7.09. The van der Waals surface area contributed by atoms with Crippen LogP contribution in [-0.4, -0.2) is 62.0 Å². The number of aliphatic carboxylic acids is 1. The maximum absolute atomic E-state index is 11.8. The molecule has 2 fully saturated rings. The third-order valence-electron chi connectivity index (χ3n) is 9.48. The van der Waals surface area contributed by atoms with Gasteiger partial charge in [0.1, 0.15) is 17.1 Å². The molecular weight excluding hydrogens is 614 g/mol. The Labute approximate surface area is 286 Å². The van der Waals surface area contributed by atoms with Crippen molar-refractivity contribution in [2.75, 3.05) is 0 Å². The standard InChI is InChI=1S/C32H47NO7S.C4H8.C2H4/c1-19-24(30(31(38)39)27(37)14-13-25(19)35)10-6-8-22(34)18-29-32(4,5)16-15-28(40-29)21(3)33-20(2)26(36)12-11-23-9-7-17-41-23;1-2-4-3-1;1-2/h7,9,13,17,21-22,26,28-29,33-37H,2,6,8,10-12,14-16,18H2,1,3-5H3,(H,38,39);1-4H2;1-2H2/t21-,22+,26?,28-,29+;;/m0../s1. The van der Waals surface area contributed by atoms with Crippen molar-refractivity contribution in [2.45, 2.75) is 142 Å². The van der Waals surface area contributed by atoms with E-state index in [1.54, 1.807) is 18.3 Å². The molecule has 47 heavy (non-hydrogen) atoms. The molecule has 0 amide bonds. The van der Waals surface area contributed by atoms with Gasteiger partial charge in [-0.3, -0.25) is 0 Å². The molecule has 1 saturated heterocycles. The van der Waals surface area contributed by atoms with Gasteiger partial charge in [-0.1, -0.05) is 52.2 Å². The predicted molar refractivity (Wildman–Crippen MR) is 192 cm³/mol. The first-order valence-corrected chi connectivity index (χ1v) is 17.9. The number of aliphatic hydroxyl groups is 4. The van der Waals surface area contributed by atoms with Crippen LogP contribution in [0.5, 0.6) is 0 Å². The number of thiophene rings is 1. The summed E-state index contributed by atoms with van der Waals surface area (Å²) in [6.07, 6.45) is 10.6. The van der Waals surface area contributed by atoms with Crippen LogP contribution in [0.2, 0.25) is 0 Å². The summed E-state index contributed by atoms with van der Waals surface area (Å²) >= 11 is 1.68. The first-order chi connectivity index (χ1) is 22.3. The Hall–Kier alpha value is -2.85. The fourth-order valence-electron chi connectivity index (χ4n) is 5.93. The van der Waals surface area contributed by atoms with Gasteiger partial charge in [0.05, 0.1) is 24.4 Å². The lowest BCUT2D eigenvalue weighted by molar-refractivity contribution is -0.139. The van der Waals surface area contributed by atoms with Crippen LogP contribution in [-0.2, 0) is 16.0 Å². The van der Waals surface area contributed by atoms with Crippen molar-refractivity contribution in [3.63, 3.8) is 0 Å². The van der Waals surface area contributed by atoms with Crippen molar-refractivity contribution in [1.29, 1.82) is 0 Å². The van der Waals surface area contributed by atoms with Gasteiger partial charge in [0.15, 0.2) is 0 Å². The predicted octanol–water partition coefficient (Wildman–Crippen LogP) is 8.45. The van der Waals surface area contributed by atoms with E-state index in [0.717, 1.165) is 19.3 Å². The number of allylic oxidation sites excluding steroid dienone is 2. The van der Waals surface area contributed by atoms with Gasteiger partial charge in [-0.05, 0) is 92.9 Å². The Balaban J connectivity index is 0.00000117. The summed E-state index contributed by atoms with van der Waals surface area (Å²) in [4.78, 5) is 13.1. The van der Waals surface area contributed by atoms with Crippen LogP contribution in [0.4, 0.5) is 0 Å². The lowest BCUT2D eigenvalue weighted by atomic mass is 9.75. The third kappa shape index (κ3) is 12.6. The highest BCUT2D eigenvalue weighted by atomic mass is 32.1. The van der Waals surface area contributed by atoms with Gasteiger partial charge in [-0.15, -0.1) is 24.5 Å². The van der Waals surface area contributed by atoms with Crippen LogP contribution in [0.15, 0.2) is 77.3 Å². The number of rotatable bonds is 14. The normalized spacial score (nSPS) is 22.6. The zero-order chi connectivity index (χ0) is 35.1. The van der Waals surface area contributed by atoms with E-state index in [1.165, 1.54) is 36.6 Å². The van der Waals surface area contributed by atoms with E-state index in [9.17, 15) is 30.3 Å². The van der Waals surface area contributed by atoms with E-state index in [2.05, 4.69) is 45.0 Å². The smallest absolute Gasteiger partial charge is 0.339 e. The molecule has 0 bridgehead atoms. The number of ether oxygens (including phenoxy) is 1. The zero-order valence-corrected chi connectivity index (χ0v) is 29.8. The number of carboxylic acid groups (broad SMARTS) is 1. The van der Waals surface area contributed by atoms with Gasteiger partial charge in [-0.2, -0.15) is 0 Å². The van der Waals surface area contributed by atoms with Crippen LogP contribution in [0.25, 0.3) is 0 Å². The van der Waals surface area contributed by atoms with Crippen molar-refractivity contribution in [2.24, 2.45) is 5.41 Å². The van der Waals surface area contributed by atoms with Crippen molar-refractivity contribution in [1.82, 2.24) is 5.32 Å². The minimum Gasteiger partial charge on any atom is -0.511 e. The molecule has 0 radical (unpaired) electrons. The number of hydrogen-bond acceptors (Lipinski definition) is 8. The molecular formula is C38H59NO7S. The lowest BCUT2D eigenvalue weighted by Crippen LogP contribution is -2.50. The summed E-state index contributed by atoms with van der Waals surface area (Å²) in [5.41, 5.74) is 1.11. The molecule has 1 saturated carbocycles. The Kier molecular flexibility index (Phi) is 17.0. The van der Waals surface area contributed by atoms with E-state index in [0.29, 0.717) is 48.9 Å². The van der Waals surface area contributed by atoms with Gasteiger partial charge >= 0.3 is 5.97 Å². The van der Waals surface area contributed by atoms with E-state index < -0.39 is 18.2 Å². The molecule has 0 aromatic carbocycles. The van der Waals surface area contributed by atoms with Crippen molar-refractivity contribution < 1.29 is 35.1 Å². The average Bonchev–Trinajstić information content (AvgIpc) is 3.49. The summed E-state index contributed by atoms with van der Waals surface area (Å²) in [7, 11) is 0. The minimum absolute atomic E-state index is 0.0350. The lowest BCUT2D eigenvalue weighted by Gasteiger charge is -2.45. The topological polar surface area (TPSA) is 139 Å². The second-order valence-corrected chi connectivity index (χ2v) is 14.5. The fraction of sp³-hybridized carbons (Fsp3) is 0.605. The maximum Gasteiger partial charge on any atom is 0.339 e. The molecule has 2 aliphatic carbocycles. The van der Waals surface area contributed by atoms with Crippen LogP contribution >= 0.6 is 11.3 Å². The van der Waals surface area contributed by atoms with E-state index in [4.69, 9.17) is 4.74 Å². The van der Waals surface area contributed by atoms with Gasteiger partial charge in [-0.25, -0.2) is 4.79 Å². The quantitative estimate of drug-likeness (QED) is 0.108. The number of nitrogens with one attached hydrogen (secondary N) is 1. The van der Waals surface area contributed by atoms with E-state index in [-0.39, 0.29) is 47.2 Å². The summed E-state index contributed by atoms with van der Waals surface area (Å²) in [6.45, 7) is 18.0. The van der Waals surface area contributed by atoms with E-state index >= 15 is 0 Å².